The minimum absolute atomic E-state index is 0.102. The van der Waals surface area contributed by atoms with Gasteiger partial charge in [0.1, 0.15) is 5.78 Å². The average molecular weight is 379 g/mol. The second-order valence-electron chi connectivity index (χ2n) is 7.03. The van der Waals surface area contributed by atoms with E-state index < -0.39 is 12.2 Å². The lowest BCUT2D eigenvalue weighted by Gasteiger charge is -2.20. The van der Waals surface area contributed by atoms with Gasteiger partial charge in [0, 0.05) is 31.3 Å². The smallest absolute Gasteiger partial charge is 0.330 e. The second-order valence-corrected chi connectivity index (χ2v) is 7.03. The molecule has 1 rings (SSSR count). The first-order valence-corrected chi connectivity index (χ1v) is 10.1. The minimum Gasteiger partial charge on any atom is -0.463 e. The van der Waals surface area contributed by atoms with Crippen LogP contribution in [0.15, 0.2) is 36.5 Å². The fraction of sp³-hybridized carbons (Fsp3) is 0.636. The quantitative estimate of drug-likeness (QED) is 0.235. The number of rotatable bonds is 12. The van der Waals surface area contributed by atoms with E-state index in [4.69, 9.17) is 4.74 Å². The van der Waals surface area contributed by atoms with E-state index in [1.165, 1.54) is 6.08 Å². The first-order valence-electron chi connectivity index (χ1n) is 10.1. The standard InChI is InChI=1S/C22H34O5/c1-3-5-8-11-17(23)14-15-19-18(20(24)16-21(19)25)12-9-6-7-10-13-22(26)27-4-2/h6-7,9-10,12-13,18-21,24-25H,3-5,8,11,14-16H2,1-2H3/t18-,19?,20-,21+/m1/s1. The molecule has 2 N–H and O–H groups in total. The van der Waals surface area contributed by atoms with Crippen molar-refractivity contribution in [2.24, 2.45) is 11.8 Å². The molecule has 5 heteroatoms. The number of hydrogen-bond acceptors (Lipinski definition) is 5. The molecule has 5 nitrogen and oxygen atoms in total. The SMILES string of the molecule is CCCCCC(=O)CCC1[C@@H](C=CC=CC=CC(=O)OCC)[C@H](O)C[C@@H]1O. The van der Waals surface area contributed by atoms with E-state index in [0.717, 1.165) is 19.3 Å². The molecule has 0 amide bonds. The molecule has 0 saturated heterocycles. The Hall–Kier alpha value is -1.72. The van der Waals surface area contributed by atoms with E-state index >= 15 is 0 Å². The normalized spacial score (nSPS) is 25.8. The molecule has 0 aromatic heterocycles. The largest absolute Gasteiger partial charge is 0.463 e. The number of carbonyl (C=O) groups excluding carboxylic acids is 2. The van der Waals surface area contributed by atoms with Crippen LogP contribution in [0.25, 0.3) is 0 Å². The average Bonchev–Trinajstić information content (AvgIpc) is 2.89. The summed E-state index contributed by atoms with van der Waals surface area (Å²) in [6.07, 6.45) is 14.0. The Kier molecular flexibility index (Phi) is 11.6. The summed E-state index contributed by atoms with van der Waals surface area (Å²) in [7, 11) is 0. The molecule has 27 heavy (non-hydrogen) atoms. The van der Waals surface area contributed by atoms with Gasteiger partial charge in [-0.25, -0.2) is 4.79 Å². The topological polar surface area (TPSA) is 83.8 Å². The van der Waals surface area contributed by atoms with Crippen LogP contribution in [0.4, 0.5) is 0 Å². The molecule has 1 aliphatic carbocycles. The van der Waals surface area contributed by atoms with Crippen molar-refractivity contribution in [2.45, 2.75) is 71.0 Å². The summed E-state index contributed by atoms with van der Waals surface area (Å²) in [6, 6.07) is 0. The van der Waals surface area contributed by atoms with Crippen molar-refractivity contribution in [1.82, 2.24) is 0 Å². The summed E-state index contributed by atoms with van der Waals surface area (Å²) in [6.45, 7) is 4.21. The molecule has 0 aliphatic heterocycles. The molecule has 0 radical (unpaired) electrons. The zero-order valence-electron chi connectivity index (χ0n) is 16.5. The lowest BCUT2D eigenvalue weighted by molar-refractivity contribution is -0.137. The Morgan fingerprint density at radius 2 is 1.74 bits per heavy atom. The van der Waals surface area contributed by atoms with Crippen LogP contribution >= 0.6 is 0 Å². The molecule has 1 unspecified atom stereocenters. The maximum Gasteiger partial charge on any atom is 0.330 e. The van der Waals surface area contributed by atoms with E-state index in [1.807, 2.05) is 6.08 Å². The van der Waals surface area contributed by atoms with Gasteiger partial charge in [-0.1, -0.05) is 50.1 Å². The number of aliphatic hydroxyl groups is 2. The third-order valence-corrected chi connectivity index (χ3v) is 4.92. The van der Waals surface area contributed by atoms with Gasteiger partial charge in [0.25, 0.3) is 0 Å². The fourth-order valence-corrected chi connectivity index (χ4v) is 3.45. The van der Waals surface area contributed by atoms with E-state index in [2.05, 4.69) is 6.92 Å². The second kappa shape index (κ2) is 13.4. The van der Waals surface area contributed by atoms with E-state index in [9.17, 15) is 19.8 Å². The number of ketones is 1. The van der Waals surface area contributed by atoms with Crippen molar-refractivity contribution < 1.29 is 24.5 Å². The van der Waals surface area contributed by atoms with Gasteiger partial charge >= 0.3 is 5.97 Å². The molecule has 1 saturated carbocycles. The van der Waals surface area contributed by atoms with Gasteiger partial charge in [0.15, 0.2) is 0 Å². The molecule has 1 aliphatic rings. The van der Waals surface area contributed by atoms with Crippen LogP contribution in [0.2, 0.25) is 0 Å². The van der Waals surface area contributed by atoms with Gasteiger partial charge < -0.3 is 14.9 Å². The Balaban J connectivity index is 2.50. The highest BCUT2D eigenvalue weighted by Crippen LogP contribution is 2.36. The molecule has 4 atom stereocenters. The Morgan fingerprint density at radius 1 is 1.00 bits per heavy atom. The Labute approximate surface area is 162 Å². The van der Waals surface area contributed by atoms with E-state index in [-0.39, 0.29) is 23.6 Å². The number of unbranched alkanes of at least 4 members (excludes halogenated alkanes) is 2. The first kappa shape index (κ1) is 23.3. The van der Waals surface area contributed by atoms with Crippen LogP contribution < -0.4 is 0 Å². The van der Waals surface area contributed by atoms with Crippen molar-refractivity contribution in [3.63, 3.8) is 0 Å². The summed E-state index contributed by atoms with van der Waals surface area (Å²) in [4.78, 5) is 23.2. The third kappa shape index (κ3) is 9.16. The van der Waals surface area contributed by atoms with Gasteiger partial charge in [-0.3, -0.25) is 4.79 Å². The third-order valence-electron chi connectivity index (χ3n) is 4.92. The number of esters is 1. The maximum absolute atomic E-state index is 12.0. The lowest BCUT2D eigenvalue weighted by atomic mass is 9.88. The highest BCUT2D eigenvalue weighted by Gasteiger charge is 2.39. The molecule has 0 aromatic rings. The number of hydrogen-bond donors (Lipinski definition) is 2. The minimum atomic E-state index is -0.597. The Morgan fingerprint density at radius 3 is 2.44 bits per heavy atom. The number of ether oxygens (including phenoxy) is 1. The number of Topliss-reactive ketones (excluding diaryl/α,β-unsaturated/α-hetero) is 1. The lowest BCUT2D eigenvalue weighted by Crippen LogP contribution is -2.21. The summed E-state index contributed by atoms with van der Waals surface area (Å²) >= 11 is 0. The van der Waals surface area contributed by atoms with Crippen molar-refractivity contribution in [1.29, 1.82) is 0 Å². The Bertz CT molecular complexity index is 535. The van der Waals surface area contributed by atoms with Gasteiger partial charge in [0.05, 0.1) is 18.8 Å². The van der Waals surface area contributed by atoms with Crippen molar-refractivity contribution in [3.05, 3.63) is 36.5 Å². The fourth-order valence-electron chi connectivity index (χ4n) is 3.45. The maximum atomic E-state index is 12.0. The van der Waals surface area contributed by atoms with Gasteiger partial charge in [-0.2, -0.15) is 0 Å². The molecule has 1 fully saturated rings. The van der Waals surface area contributed by atoms with Crippen molar-refractivity contribution in [3.8, 4) is 0 Å². The summed E-state index contributed by atoms with van der Waals surface area (Å²) in [5.41, 5.74) is 0. The zero-order valence-corrected chi connectivity index (χ0v) is 16.5. The van der Waals surface area contributed by atoms with Crippen molar-refractivity contribution in [2.75, 3.05) is 6.61 Å². The summed E-state index contributed by atoms with van der Waals surface area (Å²) < 4.78 is 4.78. The molecule has 152 valence electrons. The van der Waals surface area contributed by atoms with Crippen LogP contribution in [-0.2, 0) is 14.3 Å². The number of aliphatic hydroxyl groups excluding tert-OH is 2. The van der Waals surface area contributed by atoms with Crippen LogP contribution in [0.3, 0.4) is 0 Å². The predicted molar refractivity (Wildman–Crippen MR) is 106 cm³/mol. The number of allylic oxidation sites excluding steroid dienone is 4. The van der Waals surface area contributed by atoms with Crippen LogP contribution in [0, 0.1) is 11.8 Å². The molecule has 0 heterocycles. The highest BCUT2D eigenvalue weighted by atomic mass is 16.5. The van der Waals surface area contributed by atoms with Crippen LogP contribution in [-0.4, -0.2) is 40.8 Å². The highest BCUT2D eigenvalue weighted by molar-refractivity contribution is 5.82. The van der Waals surface area contributed by atoms with Gasteiger partial charge in [-0.15, -0.1) is 0 Å². The molecule has 0 spiro atoms. The van der Waals surface area contributed by atoms with Crippen LogP contribution in [0.1, 0.15) is 58.8 Å². The van der Waals surface area contributed by atoms with Crippen LogP contribution in [0.5, 0.6) is 0 Å². The van der Waals surface area contributed by atoms with Gasteiger partial charge in [0.2, 0.25) is 0 Å². The molecular formula is C22H34O5. The molecular weight excluding hydrogens is 344 g/mol. The van der Waals surface area contributed by atoms with E-state index in [1.54, 1.807) is 31.2 Å². The molecule has 0 bridgehead atoms. The summed E-state index contributed by atoms with van der Waals surface area (Å²) in [5, 5.41) is 20.4. The van der Waals surface area contributed by atoms with E-state index in [0.29, 0.717) is 32.3 Å². The zero-order chi connectivity index (χ0) is 20.1. The number of carbonyl (C=O) groups is 2. The predicted octanol–water partition coefficient (Wildman–Crippen LogP) is 3.51. The monoisotopic (exact) mass is 378 g/mol. The first-order chi connectivity index (χ1) is 13.0. The molecule has 0 aromatic carbocycles. The van der Waals surface area contributed by atoms with Gasteiger partial charge in [-0.05, 0) is 25.7 Å². The van der Waals surface area contributed by atoms with Crippen molar-refractivity contribution >= 4 is 11.8 Å². The summed E-state index contributed by atoms with van der Waals surface area (Å²) in [5.74, 6) is -0.412.